The Balaban J connectivity index is 1.83. The topological polar surface area (TPSA) is 120 Å². The summed E-state index contributed by atoms with van der Waals surface area (Å²) in [5.74, 6) is -0.184. The Morgan fingerprint density at radius 3 is 2.37 bits per heavy atom. The highest BCUT2D eigenvalue weighted by molar-refractivity contribution is 6.37. The zero-order valence-electron chi connectivity index (χ0n) is 18.9. The van der Waals surface area contributed by atoms with Crippen molar-refractivity contribution in [2.75, 3.05) is 24.9 Å². The number of methoxy groups -OCH3 is 2. The molecule has 0 aliphatic carbocycles. The van der Waals surface area contributed by atoms with Crippen LogP contribution < -0.4 is 15.4 Å². The summed E-state index contributed by atoms with van der Waals surface area (Å²) in [5.41, 5.74) is 3.64. The number of benzene rings is 3. The van der Waals surface area contributed by atoms with E-state index in [-0.39, 0.29) is 17.2 Å². The molecule has 0 saturated heterocycles. The van der Waals surface area contributed by atoms with E-state index in [2.05, 4.69) is 15.4 Å². The number of fused-ring (bicyclic) bond motifs is 1. The van der Waals surface area contributed by atoms with E-state index in [1.165, 1.54) is 31.4 Å². The second-order valence-corrected chi connectivity index (χ2v) is 7.52. The zero-order chi connectivity index (χ0) is 24.9. The SMILES string of the molecule is COC(=O)C=Cc1ccc(C(Nc2ccc(OC)cc2)=C2C(=O)Nc3ccc([N+](=O)[O-])cc32)cc1. The third-order valence-electron chi connectivity index (χ3n) is 5.38. The van der Waals surface area contributed by atoms with Crippen molar-refractivity contribution in [2.24, 2.45) is 0 Å². The number of carbonyl (C=O) groups excluding carboxylic acids is 2. The average Bonchev–Trinajstić information content (AvgIpc) is 3.21. The Morgan fingerprint density at radius 2 is 1.74 bits per heavy atom. The van der Waals surface area contributed by atoms with Crippen LogP contribution in [0.3, 0.4) is 0 Å². The third kappa shape index (κ3) is 5.03. The quantitative estimate of drug-likeness (QED) is 0.221. The van der Waals surface area contributed by atoms with Gasteiger partial charge in [-0.25, -0.2) is 4.79 Å². The largest absolute Gasteiger partial charge is 0.497 e. The molecule has 1 amide bonds. The standard InChI is InChI=1S/C26H21N3O6/c1-34-20-11-8-18(9-12-20)27-25(17-6-3-16(4-7-17)5-14-23(30)35-2)24-21-15-19(29(32)33)10-13-22(21)28-26(24)31/h3-15,27H,1-2H3,(H,28,31). The van der Waals surface area contributed by atoms with Crippen LogP contribution in [-0.2, 0) is 14.3 Å². The summed E-state index contributed by atoms with van der Waals surface area (Å²) < 4.78 is 9.82. The lowest BCUT2D eigenvalue weighted by Crippen LogP contribution is -2.10. The fourth-order valence-electron chi connectivity index (χ4n) is 3.61. The monoisotopic (exact) mass is 471 g/mol. The molecular weight excluding hydrogens is 450 g/mol. The van der Waals surface area contributed by atoms with E-state index in [4.69, 9.17) is 4.74 Å². The van der Waals surface area contributed by atoms with E-state index in [9.17, 15) is 19.7 Å². The van der Waals surface area contributed by atoms with Crippen LogP contribution in [0.5, 0.6) is 5.75 Å². The lowest BCUT2D eigenvalue weighted by Gasteiger charge is -2.15. The van der Waals surface area contributed by atoms with Crippen LogP contribution >= 0.6 is 0 Å². The fourth-order valence-corrected chi connectivity index (χ4v) is 3.61. The molecule has 3 aromatic carbocycles. The Kier molecular flexibility index (Phi) is 6.59. The van der Waals surface area contributed by atoms with E-state index in [0.717, 1.165) is 5.56 Å². The lowest BCUT2D eigenvalue weighted by atomic mass is 9.98. The van der Waals surface area contributed by atoms with Gasteiger partial charge in [0.2, 0.25) is 0 Å². The molecule has 176 valence electrons. The molecule has 0 bridgehead atoms. The first kappa shape index (κ1) is 23.2. The molecule has 0 radical (unpaired) electrons. The fraction of sp³-hybridized carbons (Fsp3) is 0.0769. The number of nitrogens with zero attached hydrogens (tertiary/aromatic N) is 1. The molecule has 0 spiro atoms. The predicted octanol–water partition coefficient (Wildman–Crippen LogP) is 4.72. The van der Waals surface area contributed by atoms with Crippen molar-refractivity contribution in [1.29, 1.82) is 0 Å². The first-order valence-corrected chi connectivity index (χ1v) is 10.5. The predicted molar refractivity (Wildman–Crippen MR) is 133 cm³/mol. The van der Waals surface area contributed by atoms with Crippen LogP contribution in [0.2, 0.25) is 0 Å². The Labute approximate surface area is 200 Å². The average molecular weight is 471 g/mol. The van der Waals surface area contributed by atoms with Crippen molar-refractivity contribution >= 4 is 46.3 Å². The van der Waals surface area contributed by atoms with E-state index < -0.39 is 10.9 Å². The number of esters is 1. The molecule has 1 aliphatic rings. The van der Waals surface area contributed by atoms with Gasteiger partial charge in [0, 0.05) is 35.1 Å². The highest BCUT2D eigenvalue weighted by Gasteiger charge is 2.30. The summed E-state index contributed by atoms with van der Waals surface area (Å²) >= 11 is 0. The maximum Gasteiger partial charge on any atom is 0.330 e. The van der Waals surface area contributed by atoms with Gasteiger partial charge in [0.05, 0.1) is 30.4 Å². The van der Waals surface area contributed by atoms with Crippen molar-refractivity contribution in [1.82, 2.24) is 0 Å². The maximum absolute atomic E-state index is 13.0. The maximum atomic E-state index is 13.0. The minimum absolute atomic E-state index is 0.121. The van der Waals surface area contributed by atoms with Gasteiger partial charge in [0.25, 0.3) is 11.6 Å². The van der Waals surface area contributed by atoms with Crippen LogP contribution in [0.25, 0.3) is 17.3 Å². The summed E-state index contributed by atoms with van der Waals surface area (Å²) in [6.45, 7) is 0. The summed E-state index contributed by atoms with van der Waals surface area (Å²) in [5, 5.41) is 17.4. The molecule has 0 atom stereocenters. The zero-order valence-corrected chi connectivity index (χ0v) is 18.9. The second-order valence-electron chi connectivity index (χ2n) is 7.52. The van der Waals surface area contributed by atoms with Crippen LogP contribution in [0, 0.1) is 10.1 Å². The molecule has 0 saturated carbocycles. The van der Waals surface area contributed by atoms with Crippen LogP contribution in [0.1, 0.15) is 16.7 Å². The number of ether oxygens (including phenoxy) is 2. The summed E-state index contributed by atoms with van der Waals surface area (Å²) in [6, 6.07) is 18.5. The van der Waals surface area contributed by atoms with Crippen molar-refractivity contribution in [3.8, 4) is 5.75 Å². The first-order valence-electron chi connectivity index (χ1n) is 10.5. The Bertz CT molecular complexity index is 1360. The first-order chi connectivity index (χ1) is 16.9. The molecule has 35 heavy (non-hydrogen) atoms. The van der Waals surface area contributed by atoms with Crippen LogP contribution in [0.15, 0.2) is 72.8 Å². The van der Waals surface area contributed by atoms with Crippen molar-refractivity contribution in [3.05, 3.63) is 99.6 Å². The normalized spacial score (nSPS) is 13.7. The molecule has 0 fully saturated rings. The minimum atomic E-state index is -0.500. The van der Waals surface area contributed by atoms with Crippen molar-refractivity contribution in [3.63, 3.8) is 0 Å². The Morgan fingerprint density at radius 1 is 1.03 bits per heavy atom. The number of hydrogen-bond acceptors (Lipinski definition) is 7. The van der Waals surface area contributed by atoms with E-state index in [1.54, 1.807) is 61.7 Å². The van der Waals surface area contributed by atoms with Gasteiger partial charge in [-0.05, 0) is 47.5 Å². The smallest absolute Gasteiger partial charge is 0.330 e. The number of amides is 1. The van der Waals surface area contributed by atoms with E-state index in [1.807, 2.05) is 0 Å². The number of nitro groups is 1. The molecule has 0 aromatic heterocycles. The van der Waals surface area contributed by atoms with Gasteiger partial charge >= 0.3 is 5.97 Å². The number of non-ortho nitro benzene ring substituents is 1. The molecule has 9 heteroatoms. The van der Waals surface area contributed by atoms with Gasteiger partial charge in [-0.2, -0.15) is 0 Å². The van der Waals surface area contributed by atoms with Gasteiger partial charge in [0.1, 0.15) is 5.75 Å². The van der Waals surface area contributed by atoms with Crippen molar-refractivity contribution < 1.29 is 24.0 Å². The van der Waals surface area contributed by atoms with Gasteiger partial charge < -0.3 is 20.1 Å². The highest BCUT2D eigenvalue weighted by atomic mass is 16.6. The molecular formula is C26H21N3O6. The Hall–Kier alpha value is -4.92. The van der Waals surface area contributed by atoms with Gasteiger partial charge in [-0.3, -0.25) is 14.9 Å². The number of carbonyl (C=O) groups is 2. The summed E-state index contributed by atoms with van der Waals surface area (Å²) in [4.78, 5) is 35.3. The lowest BCUT2D eigenvalue weighted by molar-refractivity contribution is -0.384. The minimum Gasteiger partial charge on any atom is -0.497 e. The van der Waals surface area contributed by atoms with Crippen molar-refractivity contribution in [2.45, 2.75) is 0 Å². The number of rotatable bonds is 7. The molecule has 9 nitrogen and oxygen atoms in total. The number of anilines is 2. The van der Waals surface area contributed by atoms with Crippen LogP contribution in [-0.4, -0.2) is 31.0 Å². The third-order valence-corrected chi connectivity index (χ3v) is 5.38. The molecule has 1 aliphatic heterocycles. The summed E-state index contributed by atoms with van der Waals surface area (Å²) in [7, 11) is 2.87. The van der Waals surface area contributed by atoms with E-state index in [0.29, 0.717) is 33.9 Å². The second kappa shape index (κ2) is 9.92. The molecule has 1 heterocycles. The van der Waals surface area contributed by atoms with Crippen LogP contribution in [0.4, 0.5) is 17.1 Å². The molecule has 0 unspecified atom stereocenters. The molecule has 2 N–H and O–H groups in total. The number of nitro benzene ring substituents is 1. The summed E-state index contributed by atoms with van der Waals surface area (Å²) in [6.07, 6.45) is 2.92. The molecule has 3 aromatic rings. The van der Waals surface area contributed by atoms with E-state index >= 15 is 0 Å². The number of nitrogens with one attached hydrogen (secondary N) is 2. The number of hydrogen-bond donors (Lipinski definition) is 2. The highest BCUT2D eigenvalue weighted by Crippen LogP contribution is 2.39. The van der Waals surface area contributed by atoms with Gasteiger partial charge in [-0.1, -0.05) is 24.3 Å². The van der Waals surface area contributed by atoms with Gasteiger partial charge in [-0.15, -0.1) is 0 Å². The van der Waals surface area contributed by atoms with Gasteiger partial charge in [0.15, 0.2) is 0 Å². The molecule has 4 rings (SSSR count).